The molecule has 0 atom stereocenters. The molecule has 70 valence electrons. The number of aldehydes is 1. The number of nitro benzene ring substituents is 1. The number of nitro groups is 1. The molecule has 0 aromatic heterocycles. The second-order valence-corrected chi connectivity index (χ2v) is 2.33. The largest absolute Gasteiger partial charge is 0.304 e. The number of rotatable bonds is 1. The first kappa shape index (κ1) is 11.3. The van der Waals surface area contributed by atoms with Gasteiger partial charge in [0.05, 0.1) is 4.92 Å². The third kappa shape index (κ3) is 4.68. The standard InChI is InChI=1S/C7H7NO2.C2H4O/c1-6-3-2-4-7(5-6)8(9)10;1-2-3/h2-5H,1H3;2H,1H3. The number of benzene rings is 1. The Bertz CT molecular complexity index is 297. The van der Waals surface area contributed by atoms with Crippen molar-refractivity contribution in [1.29, 1.82) is 0 Å². The molecule has 0 fully saturated rings. The Hall–Kier alpha value is -1.71. The summed E-state index contributed by atoms with van der Waals surface area (Å²) in [6.45, 7) is 3.27. The molecule has 1 rings (SSSR count). The molecule has 1 aromatic rings. The van der Waals surface area contributed by atoms with E-state index in [1.54, 1.807) is 12.1 Å². The van der Waals surface area contributed by atoms with Crippen molar-refractivity contribution in [3.8, 4) is 0 Å². The molecular formula is C9H11NO3. The zero-order valence-corrected chi connectivity index (χ0v) is 7.56. The Labute approximate surface area is 76.3 Å². The fourth-order valence-electron chi connectivity index (χ4n) is 0.742. The zero-order valence-electron chi connectivity index (χ0n) is 7.56. The summed E-state index contributed by atoms with van der Waals surface area (Å²) in [5, 5.41) is 10.2. The Morgan fingerprint density at radius 3 is 2.31 bits per heavy atom. The van der Waals surface area contributed by atoms with Crippen LogP contribution >= 0.6 is 0 Å². The minimum Gasteiger partial charge on any atom is -0.304 e. The van der Waals surface area contributed by atoms with Gasteiger partial charge in [-0.2, -0.15) is 0 Å². The lowest BCUT2D eigenvalue weighted by Gasteiger charge is -1.90. The van der Waals surface area contributed by atoms with Crippen LogP contribution in [0.3, 0.4) is 0 Å². The maximum absolute atomic E-state index is 10.2. The van der Waals surface area contributed by atoms with Gasteiger partial charge in [-0.25, -0.2) is 0 Å². The summed E-state index contributed by atoms with van der Waals surface area (Å²) in [6, 6.07) is 6.52. The summed E-state index contributed by atoms with van der Waals surface area (Å²) in [6.07, 6.45) is 0.750. The first-order valence-electron chi connectivity index (χ1n) is 3.72. The lowest BCUT2D eigenvalue weighted by Crippen LogP contribution is -1.86. The maximum Gasteiger partial charge on any atom is 0.269 e. The molecule has 0 amide bonds. The van der Waals surface area contributed by atoms with Gasteiger partial charge in [0.2, 0.25) is 0 Å². The monoisotopic (exact) mass is 181 g/mol. The second kappa shape index (κ2) is 5.88. The normalized spacial score (nSPS) is 8.15. The van der Waals surface area contributed by atoms with Gasteiger partial charge in [0, 0.05) is 12.1 Å². The Kier molecular flexibility index (Phi) is 5.11. The molecule has 0 aliphatic carbocycles. The number of aryl methyl sites for hydroxylation is 1. The van der Waals surface area contributed by atoms with Gasteiger partial charge in [0.15, 0.2) is 0 Å². The molecule has 0 saturated heterocycles. The quantitative estimate of drug-likeness (QED) is 0.378. The number of carbonyl (C=O) groups is 1. The van der Waals surface area contributed by atoms with Crippen LogP contribution in [0.15, 0.2) is 24.3 Å². The van der Waals surface area contributed by atoms with Crippen molar-refractivity contribution in [2.24, 2.45) is 0 Å². The smallest absolute Gasteiger partial charge is 0.269 e. The van der Waals surface area contributed by atoms with Crippen molar-refractivity contribution in [3.05, 3.63) is 39.9 Å². The Balaban J connectivity index is 0.000000424. The SMILES string of the molecule is CC=O.Cc1cccc([N+](=O)[O-])c1. The summed E-state index contributed by atoms with van der Waals surface area (Å²) in [7, 11) is 0. The minimum atomic E-state index is -0.396. The van der Waals surface area contributed by atoms with Crippen LogP contribution in [-0.2, 0) is 4.79 Å². The molecule has 1 aromatic carbocycles. The molecule has 0 N–H and O–H groups in total. The molecular weight excluding hydrogens is 170 g/mol. The van der Waals surface area contributed by atoms with Gasteiger partial charge in [0.1, 0.15) is 6.29 Å². The van der Waals surface area contributed by atoms with Gasteiger partial charge >= 0.3 is 0 Å². The minimum absolute atomic E-state index is 0.153. The van der Waals surface area contributed by atoms with Gasteiger partial charge < -0.3 is 4.79 Å². The lowest BCUT2D eigenvalue weighted by atomic mass is 10.2. The number of nitrogens with zero attached hydrogens (tertiary/aromatic N) is 1. The molecule has 0 aliphatic rings. The van der Waals surface area contributed by atoms with Gasteiger partial charge in [-0.1, -0.05) is 12.1 Å². The van der Waals surface area contributed by atoms with E-state index in [0.29, 0.717) is 0 Å². The van der Waals surface area contributed by atoms with Gasteiger partial charge in [0.25, 0.3) is 5.69 Å². The maximum atomic E-state index is 10.2. The highest BCUT2D eigenvalue weighted by Crippen LogP contribution is 2.11. The third-order valence-corrected chi connectivity index (χ3v) is 1.21. The molecule has 0 radical (unpaired) electrons. The molecule has 0 bridgehead atoms. The van der Waals surface area contributed by atoms with Crippen LogP contribution in [-0.4, -0.2) is 11.2 Å². The zero-order chi connectivity index (χ0) is 10.3. The van der Waals surface area contributed by atoms with E-state index in [-0.39, 0.29) is 5.69 Å². The molecule has 0 spiro atoms. The van der Waals surface area contributed by atoms with Crippen molar-refractivity contribution >= 4 is 12.0 Å². The highest BCUT2D eigenvalue weighted by molar-refractivity contribution is 5.44. The van der Waals surface area contributed by atoms with Crippen LogP contribution in [0.4, 0.5) is 5.69 Å². The van der Waals surface area contributed by atoms with Crippen LogP contribution in [0.5, 0.6) is 0 Å². The van der Waals surface area contributed by atoms with E-state index in [1.165, 1.54) is 13.0 Å². The fourth-order valence-corrected chi connectivity index (χ4v) is 0.742. The molecule has 0 unspecified atom stereocenters. The van der Waals surface area contributed by atoms with Crippen molar-refractivity contribution in [3.63, 3.8) is 0 Å². The Morgan fingerprint density at radius 2 is 2.00 bits per heavy atom. The summed E-state index contributed by atoms with van der Waals surface area (Å²) < 4.78 is 0. The van der Waals surface area contributed by atoms with E-state index in [9.17, 15) is 10.1 Å². The summed E-state index contributed by atoms with van der Waals surface area (Å²) >= 11 is 0. The molecule has 13 heavy (non-hydrogen) atoms. The average Bonchev–Trinajstić information content (AvgIpc) is 2.05. The van der Waals surface area contributed by atoms with E-state index < -0.39 is 4.92 Å². The van der Waals surface area contributed by atoms with Crippen molar-refractivity contribution in [2.75, 3.05) is 0 Å². The van der Waals surface area contributed by atoms with Crippen LogP contribution in [0.2, 0.25) is 0 Å². The predicted molar refractivity (Wildman–Crippen MR) is 49.6 cm³/mol. The molecule has 0 aliphatic heterocycles. The van der Waals surface area contributed by atoms with E-state index in [4.69, 9.17) is 4.79 Å². The van der Waals surface area contributed by atoms with Crippen molar-refractivity contribution in [2.45, 2.75) is 13.8 Å². The summed E-state index contributed by atoms with van der Waals surface area (Å²) in [5.74, 6) is 0. The summed E-state index contributed by atoms with van der Waals surface area (Å²) in [4.78, 5) is 18.6. The van der Waals surface area contributed by atoms with Gasteiger partial charge in [-0.15, -0.1) is 0 Å². The number of hydrogen-bond acceptors (Lipinski definition) is 3. The fraction of sp³-hybridized carbons (Fsp3) is 0.222. The van der Waals surface area contributed by atoms with Gasteiger partial charge in [-0.3, -0.25) is 10.1 Å². The van der Waals surface area contributed by atoms with Crippen LogP contribution in [0.25, 0.3) is 0 Å². The summed E-state index contributed by atoms with van der Waals surface area (Å²) in [5.41, 5.74) is 1.06. The van der Waals surface area contributed by atoms with Crippen LogP contribution in [0.1, 0.15) is 12.5 Å². The Morgan fingerprint density at radius 1 is 1.46 bits per heavy atom. The van der Waals surface area contributed by atoms with Crippen LogP contribution < -0.4 is 0 Å². The molecule has 0 saturated carbocycles. The second-order valence-electron chi connectivity index (χ2n) is 2.33. The van der Waals surface area contributed by atoms with E-state index in [2.05, 4.69) is 0 Å². The van der Waals surface area contributed by atoms with E-state index in [1.807, 2.05) is 13.0 Å². The van der Waals surface area contributed by atoms with E-state index >= 15 is 0 Å². The highest BCUT2D eigenvalue weighted by Gasteiger charge is 2.01. The number of hydrogen-bond donors (Lipinski definition) is 0. The van der Waals surface area contributed by atoms with E-state index in [0.717, 1.165) is 11.8 Å². The van der Waals surface area contributed by atoms with Crippen LogP contribution in [0, 0.1) is 17.0 Å². The van der Waals surface area contributed by atoms with Crippen molar-refractivity contribution < 1.29 is 9.72 Å². The third-order valence-electron chi connectivity index (χ3n) is 1.21. The first-order chi connectivity index (χ1) is 6.11. The topological polar surface area (TPSA) is 60.2 Å². The number of carbonyl (C=O) groups excluding carboxylic acids is 1. The molecule has 4 heteroatoms. The highest BCUT2D eigenvalue weighted by atomic mass is 16.6. The first-order valence-corrected chi connectivity index (χ1v) is 3.72. The molecule has 4 nitrogen and oxygen atoms in total. The van der Waals surface area contributed by atoms with Gasteiger partial charge in [-0.05, 0) is 19.4 Å². The molecule has 0 heterocycles. The number of non-ortho nitro benzene ring substituents is 1. The lowest BCUT2D eigenvalue weighted by molar-refractivity contribution is -0.384. The average molecular weight is 181 g/mol. The predicted octanol–water partition coefficient (Wildman–Crippen LogP) is 2.11. The van der Waals surface area contributed by atoms with Crippen molar-refractivity contribution in [1.82, 2.24) is 0 Å².